The van der Waals surface area contributed by atoms with Gasteiger partial charge in [0.1, 0.15) is 6.29 Å². The van der Waals surface area contributed by atoms with Crippen molar-refractivity contribution in [1.82, 2.24) is 4.57 Å². The number of rotatable bonds is 4. The number of halogens is 1. The summed E-state index contributed by atoms with van der Waals surface area (Å²) in [6.07, 6.45) is 4.58. The van der Waals surface area contributed by atoms with Gasteiger partial charge in [0.05, 0.1) is 5.69 Å². The Morgan fingerprint density at radius 1 is 0.867 bits per heavy atom. The number of fused-ring (bicyclic) bond motifs is 2. The Morgan fingerprint density at radius 3 is 2.33 bits per heavy atom. The number of hydrogen-bond acceptors (Lipinski definition) is 2. The van der Waals surface area contributed by atoms with E-state index >= 15 is 0 Å². The molecule has 0 spiro atoms. The van der Waals surface area contributed by atoms with Gasteiger partial charge in [0.15, 0.2) is 6.29 Å². The Hall–Kier alpha value is -3.43. The Labute approximate surface area is 180 Å². The molecule has 3 nitrogen and oxygen atoms in total. The lowest BCUT2D eigenvalue weighted by atomic mass is 10.1. The average Bonchev–Trinajstić information content (AvgIpc) is 3.37. The fourth-order valence-corrected chi connectivity index (χ4v) is 3.79. The minimum atomic E-state index is 0.665. The van der Waals surface area contributed by atoms with Crippen molar-refractivity contribution in [3.63, 3.8) is 0 Å². The maximum atomic E-state index is 11.2. The van der Waals surface area contributed by atoms with Gasteiger partial charge in [-0.2, -0.15) is 0 Å². The summed E-state index contributed by atoms with van der Waals surface area (Å²) < 4.78 is 2.02. The van der Waals surface area contributed by atoms with Gasteiger partial charge in [0, 0.05) is 28.9 Å². The first-order chi connectivity index (χ1) is 14.7. The maximum Gasteiger partial charge on any atom is 0.166 e. The van der Waals surface area contributed by atoms with E-state index in [9.17, 15) is 9.59 Å². The number of nitrogens with zero attached hydrogens (tertiary/aromatic N) is 1. The van der Waals surface area contributed by atoms with E-state index < -0.39 is 0 Å². The number of benzene rings is 3. The van der Waals surface area contributed by atoms with E-state index in [1.165, 1.54) is 11.1 Å². The van der Waals surface area contributed by atoms with Crippen LogP contribution in [0.2, 0.25) is 5.02 Å². The summed E-state index contributed by atoms with van der Waals surface area (Å²) in [5.74, 6) is 0. The van der Waals surface area contributed by atoms with Gasteiger partial charge in [-0.15, -0.1) is 0 Å². The molecule has 0 radical (unpaired) electrons. The lowest BCUT2D eigenvalue weighted by Crippen LogP contribution is -2.03. The van der Waals surface area contributed by atoms with Crippen molar-refractivity contribution in [1.29, 1.82) is 0 Å². The van der Waals surface area contributed by atoms with Crippen LogP contribution in [0.25, 0.3) is 17.0 Å². The molecule has 0 saturated heterocycles. The highest BCUT2D eigenvalue weighted by Crippen LogP contribution is 2.23. The first-order valence-corrected chi connectivity index (χ1v) is 10.1. The van der Waals surface area contributed by atoms with Gasteiger partial charge >= 0.3 is 0 Å². The monoisotopic (exact) mass is 413 g/mol. The average molecular weight is 414 g/mol. The Bertz CT molecular complexity index is 1240. The summed E-state index contributed by atoms with van der Waals surface area (Å²) in [5.41, 5.74) is 6.21. The molecule has 0 amide bonds. The van der Waals surface area contributed by atoms with Crippen LogP contribution in [0.4, 0.5) is 0 Å². The van der Waals surface area contributed by atoms with E-state index in [1.807, 2.05) is 83.4 Å². The predicted octanol–water partition coefficient (Wildman–Crippen LogP) is 5.98. The molecule has 3 aromatic carbocycles. The third-order valence-corrected chi connectivity index (χ3v) is 5.41. The molecular formula is C26H20ClNO2. The zero-order chi connectivity index (χ0) is 20.9. The van der Waals surface area contributed by atoms with Crippen molar-refractivity contribution in [2.24, 2.45) is 0 Å². The zero-order valence-corrected chi connectivity index (χ0v) is 17.0. The molecule has 0 N–H and O–H groups in total. The third-order valence-electron chi connectivity index (χ3n) is 5.16. The molecule has 0 bridgehead atoms. The van der Waals surface area contributed by atoms with Gasteiger partial charge in [-0.3, -0.25) is 9.59 Å². The second kappa shape index (κ2) is 8.93. The number of hydrogen-bond donors (Lipinski definition) is 0. The van der Waals surface area contributed by atoms with E-state index in [0.717, 1.165) is 46.1 Å². The highest BCUT2D eigenvalue weighted by atomic mass is 35.5. The van der Waals surface area contributed by atoms with Crippen LogP contribution in [-0.2, 0) is 17.8 Å². The van der Waals surface area contributed by atoms with Gasteiger partial charge < -0.3 is 4.57 Å². The molecule has 4 heteroatoms. The van der Waals surface area contributed by atoms with Gasteiger partial charge in [0.25, 0.3) is 0 Å². The van der Waals surface area contributed by atoms with E-state index in [4.69, 9.17) is 11.6 Å². The first-order valence-electron chi connectivity index (χ1n) is 9.69. The van der Waals surface area contributed by atoms with Crippen molar-refractivity contribution >= 4 is 41.2 Å². The van der Waals surface area contributed by atoms with Gasteiger partial charge in [0.2, 0.25) is 0 Å². The van der Waals surface area contributed by atoms with Crippen molar-refractivity contribution in [2.45, 2.75) is 13.0 Å². The highest BCUT2D eigenvalue weighted by Gasteiger charge is 2.10. The molecule has 1 aliphatic carbocycles. The topological polar surface area (TPSA) is 39.1 Å². The molecule has 1 aliphatic rings. The van der Waals surface area contributed by atoms with Crippen LogP contribution >= 0.6 is 11.6 Å². The van der Waals surface area contributed by atoms with Crippen LogP contribution in [0, 0.1) is 0 Å². The highest BCUT2D eigenvalue weighted by molar-refractivity contribution is 6.30. The number of aldehydes is 2. The molecule has 148 valence electrons. The molecule has 0 fully saturated rings. The van der Waals surface area contributed by atoms with E-state index in [-0.39, 0.29) is 0 Å². The van der Waals surface area contributed by atoms with Crippen LogP contribution in [0.15, 0.2) is 84.4 Å². The lowest BCUT2D eigenvalue weighted by Gasteiger charge is -2.08. The molecule has 4 aromatic rings. The van der Waals surface area contributed by atoms with Crippen LogP contribution in [-0.4, -0.2) is 17.1 Å². The Kier molecular flexibility index (Phi) is 5.92. The number of para-hydroxylation sites is 1. The van der Waals surface area contributed by atoms with Gasteiger partial charge in [-0.25, -0.2) is 0 Å². The molecular weight excluding hydrogens is 394 g/mol. The first kappa shape index (κ1) is 19.9. The largest absolute Gasteiger partial charge is 0.334 e. The fraction of sp³-hybridized carbons (Fsp3) is 0.0769. The molecule has 0 unspecified atom stereocenters. The van der Waals surface area contributed by atoms with Crippen LogP contribution < -0.4 is 0 Å². The molecule has 30 heavy (non-hydrogen) atoms. The van der Waals surface area contributed by atoms with Gasteiger partial charge in [-0.05, 0) is 52.6 Å². The molecule has 0 aliphatic heterocycles. The number of aromatic nitrogens is 1. The second-order valence-corrected chi connectivity index (χ2v) is 7.61. The normalized spacial score (nSPS) is 12.0. The lowest BCUT2D eigenvalue weighted by molar-refractivity contribution is -0.104. The fourth-order valence-electron chi connectivity index (χ4n) is 3.66. The van der Waals surface area contributed by atoms with Crippen molar-refractivity contribution < 1.29 is 9.59 Å². The number of carbonyl (C=O) groups is 2. The Morgan fingerprint density at radius 2 is 1.60 bits per heavy atom. The quantitative estimate of drug-likeness (QED) is 0.386. The van der Waals surface area contributed by atoms with Crippen LogP contribution in [0.5, 0.6) is 0 Å². The summed E-state index contributed by atoms with van der Waals surface area (Å²) in [6, 6.07) is 25.7. The smallest absolute Gasteiger partial charge is 0.166 e. The van der Waals surface area contributed by atoms with Gasteiger partial charge in [-0.1, -0.05) is 66.2 Å². The summed E-state index contributed by atoms with van der Waals surface area (Å²) >= 11 is 5.88. The van der Waals surface area contributed by atoms with Crippen molar-refractivity contribution in [2.75, 3.05) is 0 Å². The SMILES string of the molecule is O=CC1=Cc2ccccc2C1.O=Cc1cc2ccccc2n1Cc1ccc(Cl)cc1. The molecule has 1 heterocycles. The third kappa shape index (κ3) is 4.27. The van der Waals surface area contributed by atoms with Crippen LogP contribution in [0.3, 0.4) is 0 Å². The number of allylic oxidation sites excluding steroid dienone is 1. The molecule has 5 rings (SSSR count). The maximum absolute atomic E-state index is 11.2. The molecule has 1 aromatic heterocycles. The zero-order valence-electron chi connectivity index (χ0n) is 16.3. The minimum Gasteiger partial charge on any atom is -0.334 e. The van der Waals surface area contributed by atoms with Crippen molar-refractivity contribution in [3.05, 3.63) is 112 Å². The van der Waals surface area contributed by atoms with Crippen LogP contribution in [0.1, 0.15) is 27.2 Å². The van der Waals surface area contributed by atoms with E-state index in [2.05, 4.69) is 6.07 Å². The van der Waals surface area contributed by atoms with E-state index in [0.29, 0.717) is 12.2 Å². The molecule has 0 atom stereocenters. The minimum absolute atomic E-state index is 0.665. The second-order valence-electron chi connectivity index (χ2n) is 7.17. The summed E-state index contributed by atoms with van der Waals surface area (Å²) in [7, 11) is 0. The predicted molar refractivity (Wildman–Crippen MR) is 122 cm³/mol. The summed E-state index contributed by atoms with van der Waals surface area (Å²) in [4.78, 5) is 21.6. The standard InChI is InChI=1S/C16H12ClNO.C10H8O/c17-14-7-5-12(6-8-14)10-18-15(11-19)9-13-3-1-2-4-16(13)18;11-7-8-5-9-3-1-2-4-10(9)6-8/h1-9,11H,10H2;1-5,7H,6H2. The molecule has 0 saturated carbocycles. The summed E-state index contributed by atoms with van der Waals surface area (Å²) in [6.45, 7) is 0.665. The van der Waals surface area contributed by atoms with Crippen molar-refractivity contribution in [3.8, 4) is 0 Å². The Balaban J connectivity index is 0.000000168. The summed E-state index contributed by atoms with van der Waals surface area (Å²) in [5, 5.41) is 1.80. The number of carbonyl (C=O) groups excluding carboxylic acids is 2. The van der Waals surface area contributed by atoms with E-state index in [1.54, 1.807) is 0 Å².